The number of pyridine rings is 1. The molecule has 3 aliphatic heterocycles. The van der Waals surface area contributed by atoms with Gasteiger partial charge in [-0.25, -0.2) is 0 Å². The highest BCUT2D eigenvalue weighted by molar-refractivity contribution is 5.97. The molecule has 1 N–H and O–H groups in total. The fourth-order valence-corrected chi connectivity index (χ4v) is 4.88. The summed E-state index contributed by atoms with van der Waals surface area (Å²) >= 11 is 0. The van der Waals surface area contributed by atoms with Crippen molar-refractivity contribution in [2.75, 3.05) is 57.4 Å². The number of nitrogens with one attached hydrogen (secondary N) is 1. The number of aromatic nitrogens is 1. The third kappa shape index (κ3) is 4.33. The zero-order valence-electron chi connectivity index (χ0n) is 18.2. The van der Waals surface area contributed by atoms with E-state index in [-0.39, 0.29) is 11.3 Å². The Hall–Kier alpha value is -1.54. The first-order chi connectivity index (χ1) is 13.8. The predicted octanol–water partition coefficient (Wildman–Crippen LogP) is 1.09. The number of carbonyl (C=O) groups excluding carboxylic acids is 1. The van der Waals surface area contributed by atoms with Gasteiger partial charge < -0.3 is 15.0 Å². The van der Waals surface area contributed by atoms with Crippen molar-refractivity contribution in [2.24, 2.45) is 0 Å². The van der Waals surface area contributed by atoms with Crippen molar-refractivity contribution in [1.29, 1.82) is 0 Å². The highest BCUT2D eigenvalue weighted by atomic mass is 16.5. The number of amides is 1. The molecule has 0 radical (unpaired) electrons. The molecule has 0 aliphatic carbocycles. The van der Waals surface area contributed by atoms with Crippen LogP contribution in [0.3, 0.4) is 0 Å². The first-order valence-corrected chi connectivity index (χ1v) is 10.9. The van der Waals surface area contributed by atoms with E-state index in [1.807, 2.05) is 23.2 Å². The molecule has 0 saturated carbocycles. The van der Waals surface area contributed by atoms with Gasteiger partial charge in [0.25, 0.3) is 0 Å². The fraction of sp³-hybridized carbons (Fsp3) is 0.727. The maximum absolute atomic E-state index is 13.4. The zero-order chi connectivity index (χ0) is 20.6. The predicted molar refractivity (Wildman–Crippen MR) is 114 cm³/mol. The minimum atomic E-state index is -0.106. The average Bonchev–Trinajstić information content (AvgIpc) is 2.97. The van der Waals surface area contributed by atoms with E-state index in [2.05, 4.69) is 47.8 Å². The number of rotatable bonds is 4. The van der Waals surface area contributed by atoms with Crippen LogP contribution in [0.2, 0.25) is 0 Å². The van der Waals surface area contributed by atoms with Crippen LogP contribution in [0.25, 0.3) is 0 Å². The molecule has 160 valence electrons. The van der Waals surface area contributed by atoms with Gasteiger partial charge in [-0.05, 0) is 26.0 Å². The van der Waals surface area contributed by atoms with Crippen LogP contribution in [0, 0.1) is 0 Å². The van der Waals surface area contributed by atoms with Crippen LogP contribution in [0.5, 0.6) is 0 Å². The second-order valence-electron chi connectivity index (χ2n) is 9.55. The van der Waals surface area contributed by atoms with Crippen molar-refractivity contribution in [1.82, 2.24) is 20.1 Å². The average molecular weight is 402 g/mol. The fourth-order valence-electron chi connectivity index (χ4n) is 4.88. The summed E-state index contributed by atoms with van der Waals surface area (Å²) < 4.78 is 5.59. The zero-order valence-corrected chi connectivity index (χ0v) is 18.2. The number of piperazine rings is 1. The molecule has 7 nitrogen and oxygen atoms in total. The molecule has 4 heterocycles. The largest absolute Gasteiger partial charge is 0.379 e. The second kappa shape index (κ2) is 8.30. The molecule has 29 heavy (non-hydrogen) atoms. The number of hydrogen-bond acceptors (Lipinski definition) is 6. The number of hydrogen-bond donors (Lipinski definition) is 1. The summed E-state index contributed by atoms with van der Waals surface area (Å²) in [6.07, 6.45) is 1.83. The quantitative estimate of drug-likeness (QED) is 0.815. The molecular formula is C22H35N5O2. The van der Waals surface area contributed by atoms with Crippen LogP contribution in [-0.2, 0) is 14.9 Å². The van der Waals surface area contributed by atoms with E-state index < -0.39 is 0 Å². The number of ether oxygens (including phenoxy) is 1. The maximum atomic E-state index is 13.4. The Kier molecular flexibility index (Phi) is 5.93. The minimum Gasteiger partial charge on any atom is -0.379 e. The third-order valence-corrected chi connectivity index (χ3v) is 6.59. The highest BCUT2D eigenvalue weighted by Gasteiger charge is 2.40. The SMILES string of the molecule is CC1CN(CC(=O)N2CC(C)(C)c3ncccc32)[C@@H](CN2CCOCC2C)CN1. The summed E-state index contributed by atoms with van der Waals surface area (Å²) in [6.45, 7) is 15.3. The smallest absolute Gasteiger partial charge is 0.241 e. The lowest BCUT2D eigenvalue weighted by molar-refractivity contribution is -0.121. The van der Waals surface area contributed by atoms with E-state index in [9.17, 15) is 4.79 Å². The first kappa shape index (κ1) is 20.7. The van der Waals surface area contributed by atoms with Crippen molar-refractivity contribution in [3.05, 3.63) is 24.0 Å². The van der Waals surface area contributed by atoms with Gasteiger partial charge in [-0.1, -0.05) is 13.8 Å². The van der Waals surface area contributed by atoms with Gasteiger partial charge >= 0.3 is 0 Å². The molecule has 0 spiro atoms. The van der Waals surface area contributed by atoms with E-state index in [1.165, 1.54) is 0 Å². The number of anilines is 1. The molecule has 0 bridgehead atoms. The summed E-state index contributed by atoms with van der Waals surface area (Å²) in [5.41, 5.74) is 1.90. The van der Waals surface area contributed by atoms with Gasteiger partial charge in [0.2, 0.25) is 5.91 Å². The van der Waals surface area contributed by atoms with Crippen LogP contribution >= 0.6 is 0 Å². The second-order valence-corrected chi connectivity index (χ2v) is 9.55. The van der Waals surface area contributed by atoms with Crippen molar-refractivity contribution in [2.45, 2.75) is 51.2 Å². The lowest BCUT2D eigenvalue weighted by Crippen LogP contribution is -2.62. The normalized spacial score (nSPS) is 30.3. The number of nitrogens with zero attached hydrogens (tertiary/aromatic N) is 4. The minimum absolute atomic E-state index is 0.106. The Balaban J connectivity index is 1.46. The standard InChI is InChI=1S/C22H35N5O2/c1-16-11-26(18(10-24-16)12-25-8-9-29-14-17(25)2)13-20(28)27-15-22(3,4)21-19(27)6-5-7-23-21/h5-7,16-18,24H,8-15H2,1-4H3/t16?,17?,18-/m1/s1. The molecule has 1 amide bonds. The summed E-state index contributed by atoms with van der Waals surface area (Å²) in [5.74, 6) is 0.180. The molecule has 3 atom stereocenters. The Morgan fingerprint density at radius 2 is 2.17 bits per heavy atom. The summed E-state index contributed by atoms with van der Waals surface area (Å²) in [4.78, 5) is 24.8. The molecule has 4 rings (SSSR count). The van der Waals surface area contributed by atoms with Gasteiger partial charge in [-0.2, -0.15) is 0 Å². The molecule has 3 aliphatic rings. The van der Waals surface area contributed by atoms with Crippen molar-refractivity contribution in [3.63, 3.8) is 0 Å². The lowest BCUT2D eigenvalue weighted by Gasteiger charge is -2.43. The van der Waals surface area contributed by atoms with Gasteiger partial charge in [0, 0.05) is 62.5 Å². The van der Waals surface area contributed by atoms with Crippen molar-refractivity contribution < 1.29 is 9.53 Å². The topological polar surface area (TPSA) is 60.9 Å². The lowest BCUT2D eigenvalue weighted by atomic mass is 9.91. The van der Waals surface area contributed by atoms with Crippen molar-refractivity contribution >= 4 is 11.6 Å². The van der Waals surface area contributed by atoms with Gasteiger partial charge in [0.1, 0.15) is 0 Å². The van der Waals surface area contributed by atoms with Crippen LogP contribution in [0.1, 0.15) is 33.4 Å². The van der Waals surface area contributed by atoms with E-state index in [0.717, 1.165) is 50.8 Å². The van der Waals surface area contributed by atoms with E-state index in [1.54, 1.807) is 0 Å². The van der Waals surface area contributed by atoms with Gasteiger partial charge in [0.05, 0.1) is 31.1 Å². The number of fused-ring (bicyclic) bond motifs is 1. The molecular weight excluding hydrogens is 366 g/mol. The molecule has 0 aromatic carbocycles. The molecule has 7 heteroatoms. The van der Waals surface area contributed by atoms with Crippen molar-refractivity contribution in [3.8, 4) is 0 Å². The third-order valence-electron chi connectivity index (χ3n) is 6.59. The van der Waals surface area contributed by atoms with Gasteiger partial charge in [-0.15, -0.1) is 0 Å². The number of carbonyl (C=O) groups is 1. The van der Waals surface area contributed by atoms with Crippen LogP contribution in [0.15, 0.2) is 18.3 Å². The summed E-state index contributed by atoms with van der Waals surface area (Å²) in [5, 5.41) is 3.60. The van der Waals surface area contributed by atoms with Crippen LogP contribution in [-0.4, -0.2) is 91.3 Å². The van der Waals surface area contributed by atoms with E-state index >= 15 is 0 Å². The summed E-state index contributed by atoms with van der Waals surface area (Å²) in [6, 6.07) is 5.11. The van der Waals surface area contributed by atoms with Crippen LogP contribution in [0.4, 0.5) is 5.69 Å². The van der Waals surface area contributed by atoms with E-state index in [4.69, 9.17) is 4.74 Å². The Morgan fingerprint density at radius 3 is 2.97 bits per heavy atom. The molecule has 2 fully saturated rings. The molecule has 2 unspecified atom stereocenters. The monoisotopic (exact) mass is 401 g/mol. The van der Waals surface area contributed by atoms with Gasteiger partial charge in [0.15, 0.2) is 0 Å². The first-order valence-electron chi connectivity index (χ1n) is 10.9. The highest BCUT2D eigenvalue weighted by Crippen LogP contribution is 2.38. The molecule has 2 saturated heterocycles. The summed E-state index contributed by atoms with van der Waals surface area (Å²) in [7, 11) is 0. The van der Waals surface area contributed by atoms with Gasteiger partial charge in [-0.3, -0.25) is 19.6 Å². The number of morpholine rings is 1. The Bertz CT molecular complexity index is 740. The Labute approximate surface area is 174 Å². The molecule has 1 aromatic rings. The van der Waals surface area contributed by atoms with Crippen LogP contribution < -0.4 is 10.2 Å². The van der Waals surface area contributed by atoms with E-state index in [0.29, 0.717) is 31.2 Å². The Morgan fingerprint density at radius 1 is 1.34 bits per heavy atom. The maximum Gasteiger partial charge on any atom is 0.241 e. The molecule has 1 aromatic heterocycles.